The molecule has 0 radical (unpaired) electrons. The van der Waals surface area contributed by atoms with Gasteiger partial charge in [-0.1, -0.05) is 38.1 Å². The second-order valence-corrected chi connectivity index (χ2v) is 10.9. The highest BCUT2D eigenvalue weighted by Crippen LogP contribution is 2.36. The number of hydrogen-bond donors (Lipinski definition) is 1. The quantitative estimate of drug-likeness (QED) is 0.491. The van der Waals surface area contributed by atoms with Gasteiger partial charge in [-0.25, -0.2) is 8.42 Å². The van der Waals surface area contributed by atoms with Crippen molar-refractivity contribution in [2.75, 3.05) is 23.9 Å². The zero-order valence-corrected chi connectivity index (χ0v) is 22.3. The number of nitrogens with zero attached hydrogens (tertiary/aromatic N) is 2. The number of benzene rings is 2. The SMILES string of the molecule is CCC(C)NC(=O)C(CC)N(Cc1ccccc1C)C(=O)CN(c1ccc2c(c1)OCO2)S(C)(=O)=O. The molecule has 0 aromatic heterocycles. The normalized spacial score (nSPS) is 14.1. The molecule has 1 aliphatic heterocycles. The first kappa shape index (κ1) is 27.3. The van der Waals surface area contributed by atoms with Gasteiger partial charge in [-0.05, 0) is 49.9 Å². The highest BCUT2D eigenvalue weighted by atomic mass is 32.2. The number of amides is 2. The van der Waals surface area contributed by atoms with Gasteiger partial charge in [0.25, 0.3) is 0 Å². The lowest BCUT2D eigenvalue weighted by molar-refractivity contribution is -0.140. The van der Waals surface area contributed by atoms with E-state index in [1.54, 1.807) is 12.1 Å². The van der Waals surface area contributed by atoms with Crippen LogP contribution in [0.2, 0.25) is 0 Å². The molecule has 3 rings (SSSR count). The lowest BCUT2D eigenvalue weighted by Crippen LogP contribution is -2.53. The van der Waals surface area contributed by atoms with Crippen LogP contribution in [0.3, 0.4) is 0 Å². The van der Waals surface area contributed by atoms with Crippen LogP contribution < -0.4 is 19.1 Å². The first-order valence-corrected chi connectivity index (χ1v) is 13.9. The lowest BCUT2D eigenvalue weighted by atomic mass is 10.1. The molecule has 2 aromatic rings. The maximum absolute atomic E-state index is 13.8. The van der Waals surface area contributed by atoms with Crippen molar-refractivity contribution >= 4 is 27.5 Å². The fourth-order valence-corrected chi connectivity index (χ4v) is 4.83. The largest absolute Gasteiger partial charge is 0.454 e. The van der Waals surface area contributed by atoms with E-state index in [4.69, 9.17) is 9.47 Å². The fourth-order valence-electron chi connectivity index (χ4n) is 3.99. The lowest BCUT2D eigenvalue weighted by Gasteiger charge is -2.33. The summed E-state index contributed by atoms with van der Waals surface area (Å²) >= 11 is 0. The summed E-state index contributed by atoms with van der Waals surface area (Å²) in [5, 5.41) is 2.96. The van der Waals surface area contributed by atoms with E-state index >= 15 is 0 Å². The Morgan fingerprint density at radius 2 is 1.75 bits per heavy atom. The molecule has 1 N–H and O–H groups in total. The molecule has 2 aromatic carbocycles. The molecule has 1 heterocycles. The summed E-state index contributed by atoms with van der Waals surface area (Å²) < 4.78 is 37.3. The third kappa shape index (κ3) is 6.48. The molecule has 2 unspecified atom stereocenters. The molecule has 0 aliphatic carbocycles. The summed E-state index contributed by atoms with van der Waals surface area (Å²) in [5.74, 6) is 0.174. The minimum Gasteiger partial charge on any atom is -0.454 e. The topological polar surface area (TPSA) is 105 Å². The van der Waals surface area contributed by atoms with E-state index in [2.05, 4.69) is 5.32 Å². The molecule has 2 amide bonds. The molecule has 2 atom stereocenters. The van der Waals surface area contributed by atoms with Gasteiger partial charge in [-0.15, -0.1) is 0 Å². The number of anilines is 1. The summed E-state index contributed by atoms with van der Waals surface area (Å²) in [6, 6.07) is 11.5. The molecule has 0 fully saturated rings. The van der Waals surface area contributed by atoms with E-state index in [0.29, 0.717) is 17.9 Å². The minimum atomic E-state index is -3.83. The average molecular weight is 518 g/mol. The number of sulfonamides is 1. The van der Waals surface area contributed by atoms with Gasteiger partial charge < -0.3 is 19.7 Å². The number of rotatable bonds is 11. The van der Waals surface area contributed by atoms with Crippen LogP contribution in [0.1, 0.15) is 44.7 Å². The molecule has 196 valence electrons. The molecule has 1 aliphatic rings. The van der Waals surface area contributed by atoms with E-state index in [1.807, 2.05) is 52.0 Å². The van der Waals surface area contributed by atoms with E-state index < -0.39 is 28.5 Å². The Morgan fingerprint density at radius 3 is 2.39 bits per heavy atom. The van der Waals surface area contributed by atoms with Gasteiger partial charge in [-0.3, -0.25) is 13.9 Å². The van der Waals surface area contributed by atoms with E-state index in [-0.39, 0.29) is 31.0 Å². The smallest absolute Gasteiger partial charge is 0.244 e. The van der Waals surface area contributed by atoms with Crippen LogP contribution in [0, 0.1) is 6.92 Å². The van der Waals surface area contributed by atoms with Gasteiger partial charge in [-0.2, -0.15) is 0 Å². The third-order valence-electron chi connectivity index (χ3n) is 6.31. The number of ether oxygens (including phenoxy) is 2. The summed E-state index contributed by atoms with van der Waals surface area (Å²) in [7, 11) is -3.83. The molecule has 0 spiro atoms. The Morgan fingerprint density at radius 1 is 1.06 bits per heavy atom. The van der Waals surface area contributed by atoms with E-state index in [9.17, 15) is 18.0 Å². The van der Waals surface area contributed by atoms with Crippen molar-refractivity contribution in [1.29, 1.82) is 0 Å². The first-order valence-electron chi connectivity index (χ1n) is 12.1. The standard InChI is InChI=1S/C26H35N3O6S/c1-6-19(4)27-26(31)22(7-2)28(15-20-11-9-8-10-18(20)3)25(30)16-29(36(5,32)33)21-12-13-23-24(14-21)35-17-34-23/h8-14,19,22H,6-7,15-17H2,1-5H3,(H,27,31). The molecular weight excluding hydrogens is 482 g/mol. The zero-order chi connectivity index (χ0) is 26.5. The van der Waals surface area contributed by atoms with Crippen LogP contribution in [0.4, 0.5) is 5.69 Å². The Balaban J connectivity index is 1.96. The average Bonchev–Trinajstić information content (AvgIpc) is 3.30. The Labute approximate surface area is 213 Å². The summed E-state index contributed by atoms with van der Waals surface area (Å²) in [6.45, 7) is 7.41. The third-order valence-corrected chi connectivity index (χ3v) is 7.45. The second kappa shape index (κ2) is 11.6. The van der Waals surface area contributed by atoms with Gasteiger partial charge in [0.1, 0.15) is 12.6 Å². The maximum Gasteiger partial charge on any atom is 0.244 e. The van der Waals surface area contributed by atoms with Crippen LogP contribution >= 0.6 is 0 Å². The monoisotopic (exact) mass is 517 g/mol. The first-order chi connectivity index (χ1) is 17.0. The highest BCUT2D eigenvalue weighted by Gasteiger charge is 2.32. The van der Waals surface area contributed by atoms with Crippen molar-refractivity contribution < 1.29 is 27.5 Å². The number of carbonyl (C=O) groups excluding carboxylic acids is 2. The molecular formula is C26H35N3O6S. The van der Waals surface area contributed by atoms with Crippen molar-refractivity contribution in [2.24, 2.45) is 0 Å². The number of nitrogens with one attached hydrogen (secondary N) is 1. The highest BCUT2D eigenvalue weighted by molar-refractivity contribution is 7.92. The molecule has 36 heavy (non-hydrogen) atoms. The van der Waals surface area contributed by atoms with Crippen LogP contribution in [-0.4, -0.2) is 56.8 Å². The van der Waals surface area contributed by atoms with Crippen LogP contribution in [0.15, 0.2) is 42.5 Å². The van der Waals surface area contributed by atoms with Crippen LogP contribution in [-0.2, 0) is 26.2 Å². The molecule has 10 heteroatoms. The number of fused-ring (bicyclic) bond motifs is 1. The fraction of sp³-hybridized carbons (Fsp3) is 0.462. The second-order valence-electron chi connectivity index (χ2n) is 9.00. The Hall–Kier alpha value is -3.27. The van der Waals surface area contributed by atoms with Crippen LogP contribution in [0.25, 0.3) is 0 Å². The molecule has 0 saturated heterocycles. The molecule has 9 nitrogen and oxygen atoms in total. The van der Waals surface area contributed by atoms with Crippen molar-refractivity contribution in [3.63, 3.8) is 0 Å². The summed E-state index contributed by atoms with van der Waals surface area (Å²) in [4.78, 5) is 28.4. The summed E-state index contributed by atoms with van der Waals surface area (Å²) in [6.07, 6.45) is 2.17. The summed E-state index contributed by atoms with van der Waals surface area (Å²) in [5.41, 5.74) is 2.14. The molecule has 0 saturated carbocycles. The zero-order valence-electron chi connectivity index (χ0n) is 21.5. The molecule has 0 bridgehead atoms. The Kier molecular flexibility index (Phi) is 8.84. The number of hydrogen-bond acceptors (Lipinski definition) is 6. The predicted octanol–water partition coefficient (Wildman–Crippen LogP) is 3.21. The van der Waals surface area contributed by atoms with E-state index in [1.165, 1.54) is 11.0 Å². The van der Waals surface area contributed by atoms with Crippen molar-refractivity contribution in [2.45, 2.75) is 59.2 Å². The predicted molar refractivity (Wildman–Crippen MR) is 138 cm³/mol. The number of aryl methyl sites for hydroxylation is 1. The van der Waals surface area contributed by atoms with Crippen molar-refractivity contribution in [3.05, 3.63) is 53.6 Å². The van der Waals surface area contributed by atoms with Crippen molar-refractivity contribution in [3.8, 4) is 11.5 Å². The Bertz CT molecular complexity index is 1200. The van der Waals surface area contributed by atoms with Gasteiger partial charge in [0.15, 0.2) is 11.5 Å². The van der Waals surface area contributed by atoms with Crippen molar-refractivity contribution in [1.82, 2.24) is 10.2 Å². The maximum atomic E-state index is 13.8. The van der Waals surface area contributed by atoms with Gasteiger partial charge in [0, 0.05) is 18.7 Å². The van der Waals surface area contributed by atoms with E-state index in [0.717, 1.165) is 28.1 Å². The minimum absolute atomic E-state index is 0.0459. The van der Waals surface area contributed by atoms with Gasteiger partial charge >= 0.3 is 0 Å². The number of carbonyl (C=O) groups is 2. The van der Waals surface area contributed by atoms with Gasteiger partial charge in [0.2, 0.25) is 28.6 Å². The van der Waals surface area contributed by atoms with Gasteiger partial charge in [0.05, 0.1) is 11.9 Å². The van der Waals surface area contributed by atoms with Crippen LogP contribution in [0.5, 0.6) is 11.5 Å².